The Kier molecular flexibility index (Phi) is 6.51. The van der Waals surface area contributed by atoms with Gasteiger partial charge in [-0.3, -0.25) is 9.69 Å². The summed E-state index contributed by atoms with van der Waals surface area (Å²) in [5.74, 6) is 1.19. The van der Waals surface area contributed by atoms with Crippen molar-refractivity contribution in [2.45, 2.75) is 19.4 Å². The molecule has 0 radical (unpaired) electrons. The lowest BCUT2D eigenvalue weighted by Crippen LogP contribution is -2.38. The number of methoxy groups -OCH3 is 1. The molecule has 3 rings (SSSR count). The fraction of sp³-hybridized carbons (Fsp3) is 0.421. The largest absolute Gasteiger partial charge is 0.497 e. The molecule has 2 aromatic rings. The van der Waals surface area contributed by atoms with Crippen molar-refractivity contribution in [1.82, 2.24) is 10.2 Å². The van der Waals surface area contributed by atoms with Gasteiger partial charge in [0.2, 0.25) is 0 Å². The lowest BCUT2D eigenvalue weighted by molar-refractivity contribution is 0.0934. The van der Waals surface area contributed by atoms with Crippen LogP contribution in [-0.4, -0.2) is 37.6 Å². The number of nitrogens with zero attached hydrogens (tertiary/aromatic N) is 1. The fourth-order valence-electron chi connectivity index (χ4n) is 3.13. The molecular weight excluding hydrogens is 400 g/mol. The Hall–Kier alpha value is -1.37. The van der Waals surface area contributed by atoms with Gasteiger partial charge in [0, 0.05) is 17.6 Å². The number of ether oxygens (including phenoxy) is 1. The SMILES string of the molecule is COc1ccc(Br)c(C(=O)NCC2CCN(Cc3ccsc3)CC2)c1. The van der Waals surface area contributed by atoms with Crippen molar-refractivity contribution in [3.63, 3.8) is 0 Å². The van der Waals surface area contributed by atoms with Gasteiger partial charge in [-0.05, 0) is 88.4 Å². The zero-order chi connectivity index (χ0) is 17.6. The molecule has 134 valence electrons. The first kappa shape index (κ1) is 18.4. The molecule has 1 aromatic heterocycles. The summed E-state index contributed by atoms with van der Waals surface area (Å²) in [6.45, 7) is 3.96. The quantitative estimate of drug-likeness (QED) is 0.759. The maximum Gasteiger partial charge on any atom is 0.252 e. The van der Waals surface area contributed by atoms with Gasteiger partial charge in [0.1, 0.15) is 5.75 Å². The normalized spacial score (nSPS) is 15.9. The summed E-state index contributed by atoms with van der Waals surface area (Å²) < 4.78 is 5.99. The predicted octanol–water partition coefficient (Wildman–Crippen LogP) is 4.16. The van der Waals surface area contributed by atoms with Crippen molar-refractivity contribution in [1.29, 1.82) is 0 Å². The van der Waals surface area contributed by atoms with Crippen LogP contribution in [0.15, 0.2) is 39.5 Å². The van der Waals surface area contributed by atoms with Gasteiger partial charge in [0.05, 0.1) is 12.7 Å². The average Bonchev–Trinajstić information content (AvgIpc) is 3.14. The maximum atomic E-state index is 12.4. The van der Waals surface area contributed by atoms with Gasteiger partial charge < -0.3 is 10.1 Å². The van der Waals surface area contributed by atoms with E-state index < -0.39 is 0 Å². The summed E-state index contributed by atoms with van der Waals surface area (Å²) >= 11 is 5.19. The smallest absolute Gasteiger partial charge is 0.252 e. The van der Waals surface area contributed by atoms with Crippen LogP contribution in [0.25, 0.3) is 0 Å². The van der Waals surface area contributed by atoms with Gasteiger partial charge >= 0.3 is 0 Å². The standard InChI is InChI=1S/C19H23BrN2O2S/c1-24-16-2-3-18(20)17(10-16)19(23)21-11-14-4-7-22(8-5-14)12-15-6-9-25-13-15/h2-3,6,9-10,13-14H,4-5,7-8,11-12H2,1H3,(H,21,23). The number of carbonyl (C=O) groups is 1. The van der Waals surface area contributed by atoms with Gasteiger partial charge in [-0.1, -0.05) is 0 Å². The molecule has 1 N–H and O–H groups in total. The summed E-state index contributed by atoms with van der Waals surface area (Å²) in [5.41, 5.74) is 2.02. The number of hydrogen-bond donors (Lipinski definition) is 1. The van der Waals surface area contributed by atoms with Crippen LogP contribution in [0.3, 0.4) is 0 Å². The number of nitrogens with one attached hydrogen (secondary N) is 1. The fourth-order valence-corrected chi connectivity index (χ4v) is 4.21. The Bertz CT molecular complexity index is 697. The van der Waals surface area contributed by atoms with E-state index in [0.29, 0.717) is 17.2 Å². The Morgan fingerprint density at radius 1 is 1.36 bits per heavy atom. The molecule has 0 atom stereocenters. The number of benzene rings is 1. The van der Waals surface area contributed by atoms with Crippen molar-refractivity contribution < 1.29 is 9.53 Å². The molecule has 0 bridgehead atoms. The highest BCUT2D eigenvalue weighted by atomic mass is 79.9. The molecule has 1 aliphatic heterocycles. The summed E-state index contributed by atoms with van der Waals surface area (Å²) in [6, 6.07) is 7.65. The second kappa shape index (κ2) is 8.83. The third-order valence-corrected chi connectivity index (χ3v) is 6.09. The van der Waals surface area contributed by atoms with Crippen LogP contribution in [0.2, 0.25) is 0 Å². The summed E-state index contributed by atoms with van der Waals surface area (Å²) in [6.07, 6.45) is 2.26. The van der Waals surface area contributed by atoms with Crippen LogP contribution in [0.1, 0.15) is 28.8 Å². The Labute approximate surface area is 161 Å². The molecule has 6 heteroatoms. The number of piperidine rings is 1. The second-order valence-electron chi connectivity index (χ2n) is 6.41. The highest BCUT2D eigenvalue weighted by molar-refractivity contribution is 9.10. The minimum absolute atomic E-state index is 0.0496. The Morgan fingerprint density at radius 3 is 2.84 bits per heavy atom. The van der Waals surface area contributed by atoms with E-state index in [2.05, 4.69) is 43.0 Å². The molecule has 2 heterocycles. The lowest BCUT2D eigenvalue weighted by atomic mass is 9.96. The molecule has 0 unspecified atom stereocenters. The Balaban J connectivity index is 1.46. The Morgan fingerprint density at radius 2 is 2.16 bits per heavy atom. The number of halogens is 1. The summed E-state index contributed by atoms with van der Waals surface area (Å²) in [5, 5.41) is 7.43. The van der Waals surface area contributed by atoms with E-state index in [1.54, 1.807) is 24.5 Å². The molecule has 1 amide bonds. The molecular formula is C19H23BrN2O2S. The van der Waals surface area contributed by atoms with Gasteiger partial charge in [0.25, 0.3) is 5.91 Å². The predicted molar refractivity (Wildman–Crippen MR) is 105 cm³/mol. The van der Waals surface area contributed by atoms with Crippen LogP contribution >= 0.6 is 27.3 Å². The minimum atomic E-state index is -0.0496. The van der Waals surface area contributed by atoms with Crippen molar-refractivity contribution in [2.24, 2.45) is 5.92 Å². The minimum Gasteiger partial charge on any atom is -0.497 e. The number of likely N-dealkylation sites (tertiary alicyclic amines) is 1. The van der Waals surface area contributed by atoms with Crippen LogP contribution in [-0.2, 0) is 6.54 Å². The van der Waals surface area contributed by atoms with Crippen LogP contribution in [0.4, 0.5) is 0 Å². The lowest BCUT2D eigenvalue weighted by Gasteiger charge is -2.31. The van der Waals surface area contributed by atoms with Crippen molar-refractivity contribution in [3.8, 4) is 5.75 Å². The summed E-state index contributed by atoms with van der Waals surface area (Å²) in [4.78, 5) is 14.9. The average molecular weight is 423 g/mol. The molecule has 0 aliphatic carbocycles. The molecule has 1 saturated heterocycles. The molecule has 0 saturated carbocycles. The first-order valence-electron chi connectivity index (χ1n) is 8.51. The van der Waals surface area contributed by atoms with E-state index in [4.69, 9.17) is 4.74 Å². The third kappa shape index (κ3) is 5.06. The van der Waals surface area contributed by atoms with Gasteiger partial charge in [-0.25, -0.2) is 0 Å². The highest BCUT2D eigenvalue weighted by Crippen LogP contribution is 2.23. The zero-order valence-corrected chi connectivity index (χ0v) is 16.7. The molecule has 0 spiro atoms. The molecule has 1 fully saturated rings. The number of rotatable bonds is 6. The van der Waals surface area contributed by atoms with E-state index in [1.807, 2.05) is 12.1 Å². The molecule has 25 heavy (non-hydrogen) atoms. The summed E-state index contributed by atoms with van der Waals surface area (Å²) in [7, 11) is 1.61. The second-order valence-corrected chi connectivity index (χ2v) is 8.04. The van der Waals surface area contributed by atoms with Crippen LogP contribution in [0, 0.1) is 5.92 Å². The van der Waals surface area contributed by atoms with Crippen LogP contribution in [0.5, 0.6) is 5.75 Å². The monoisotopic (exact) mass is 422 g/mol. The van der Waals surface area contributed by atoms with Gasteiger partial charge in [-0.2, -0.15) is 11.3 Å². The topological polar surface area (TPSA) is 41.6 Å². The number of amides is 1. The van der Waals surface area contributed by atoms with Crippen molar-refractivity contribution in [2.75, 3.05) is 26.7 Å². The van der Waals surface area contributed by atoms with Crippen molar-refractivity contribution >= 4 is 33.2 Å². The maximum absolute atomic E-state index is 12.4. The highest BCUT2D eigenvalue weighted by Gasteiger charge is 2.20. The third-order valence-electron chi connectivity index (χ3n) is 4.66. The number of thiophene rings is 1. The van der Waals surface area contributed by atoms with E-state index in [0.717, 1.165) is 43.5 Å². The number of carbonyl (C=O) groups excluding carboxylic acids is 1. The van der Waals surface area contributed by atoms with E-state index in [1.165, 1.54) is 5.56 Å². The molecule has 1 aliphatic rings. The zero-order valence-electron chi connectivity index (χ0n) is 14.3. The van der Waals surface area contributed by atoms with Crippen LogP contribution < -0.4 is 10.1 Å². The van der Waals surface area contributed by atoms with E-state index >= 15 is 0 Å². The van der Waals surface area contributed by atoms with Crippen molar-refractivity contribution in [3.05, 3.63) is 50.6 Å². The first-order valence-corrected chi connectivity index (χ1v) is 10.2. The molecule has 1 aromatic carbocycles. The number of hydrogen-bond acceptors (Lipinski definition) is 4. The van der Waals surface area contributed by atoms with E-state index in [9.17, 15) is 4.79 Å². The molecule has 4 nitrogen and oxygen atoms in total. The van der Waals surface area contributed by atoms with Gasteiger partial charge in [-0.15, -0.1) is 0 Å². The van der Waals surface area contributed by atoms with Gasteiger partial charge in [0.15, 0.2) is 0 Å². The van der Waals surface area contributed by atoms with E-state index in [-0.39, 0.29) is 5.91 Å². The first-order chi connectivity index (χ1) is 12.2.